The Balaban J connectivity index is 1.62. The molecule has 0 spiro atoms. The van der Waals surface area contributed by atoms with E-state index in [4.69, 9.17) is 0 Å². The lowest BCUT2D eigenvalue weighted by Gasteiger charge is -2.38. The largest absolute Gasteiger partial charge is 0.300 e. The number of fused-ring (bicyclic) bond motifs is 2. The van der Waals surface area contributed by atoms with Crippen molar-refractivity contribution in [3.63, 3.8) is 0 Å². The fourth-order valence-corrected chi connectivity index (χ4v) is 4.78. The molecule has 5 unspecified atom stereocenters. The lowest BCUT2D eigenvalue weighted by atomic mass is 9.71. The Morgan fingerprint density at radius 3 is 2.05 bits per heavy atom. The molecule has 3 fully saturated rings. The van der Waals surface area contributed by atoms with Crippen LogP contribution in [0, 0.1) is 23.7 Å². The lowest BCUT2D eigenvalue weighted by molar-refractivity contribution is -0.130. The first-order valence-corrected chi connectivity index (χ1v) is 8.32. The van der Waals surface area contributed by atoms with Gasteiger partial charge in [-0.1, -0.05) is 13.8 Å². The average Bonchev–Trinajstić information content (AvgIpc) is 2.64. The predicted octanol–water partition coefficient (Wildman–Crippen LogP) is 3.50. The van der Waals surface area contributed by atoms with Crippen molar-refractivity contribution in [2.45, 2.75) is 70.9 Å². The summed E-state index contributed by atoms with van der Waals surface area (Å²) in [5.74, 6) is 2.96. The van der Waals surface area contributed by atoms with Gasteiger partial charge in [-0.15, -0.1) is 0 Å². The molecule has 2 heterocycles. The first kappa shape index (κ1) is 13.6. The Kier molecular flexibility index (Phi) is 3.72. The van der Waals surface area contributed by atoms with Gasteiger partial charge in [0.05, 0.1) is 0 Å². The highest BCUT2D eigenvalue weighted by atomic mass is 16.1. The van der Waals surface area contributed by atoms with Crippen molar-refractivity contribution in [2.24, 2.45) is 23.7 Å². The zero-order chi connectivity index (χ0) is 13.6. The van der Waals surface area contributed by atoms with Crippen molar-refractivity contribution in [2.75, 3.05) is 7.05 Å². The first-order valence-electron chi connectivity index (χ1n) is 8.32. The molecule has 1 aliphatic carbocycles. The zero-order valence-corrected chi connectivity index (χ0v) is 12.8. The minimum atomic E-state index is 0.388. The van der Waals surface area contributed by atoms with Crippen LogP contribution >= 0.6 is 0 Å². The summed E-state index contributed by atoms with van der Waals surface area (Å²) in [6, 6.07) is 1.40. The van der Waals surface area contributed by atoms with Crippen LogP contribution in [0.4, 0.5) is 0 Å². The summed E-state index contributed by atoms with van der Waals surface area (Å²) in [5.41, 5.74) is 0. The first-order chi connectivity index (χ1) is 9.06. The van der Waals surface area contributed by atoms with Crippen molar-refractivity contribution in [3.05, 3.63) is 0 Å². The highest BCUT2D eigenvalue weighted by Crippen LogP contribution is 2.41. The quantitative estimate of drug-likeness (QED) is 0.760. The molecule has 0 radical (unpaired) electrons. The molecule has 108 valence electrons. The fourth-order valence-electron chi connectivity index (χ4n) is 4.78. The van der Waals surface area contributed by atoms with E-state index in [0.29, 0.717) is 29.7 Å². The summed E-state index contributed by atoms with van der Waals surface area (Å²) in [7, 11) is 2.26. The summed E-state index contributed by atoms with van der Waals surface area (Å²) in [6.45, 7) is 4.68. The molecule has 5 atom stereocenters. The summed E-state index contributed by atoms with van der Waals surface area (Å²) in [6.07, 6.45) is 8.51. The summed E-state index contributed by atoms with van der Waals surface area (Å²) in [5, 5.41) is 0. The van der Waals surface area contributed by atoms with Crippen LogP contribution in [0.5, 0.6) is 0 Å². The van der Waals surface area contributed by atoms with E-state index in [2.05, 4.69) is 25.8 Å². The number of piperidine rings is 1. The van der Waals surface area contributed by atoms with Gasteiger partial charge >= 0.3 is 0 Å². The molecular formula is C17H29NO. The maximum absolute atomic E-state index is 12.8. The number of nitrogens with zero attached hydrogens (tertiary/aromatic N) is 1. The van der Waals surface area contributed by atoms with Crippen LogP contribution in [0.2, 0.25) is 0 Å². The van der Waals surface area contributed by atoms with Crippen LogP contribution in [-0.2, 0) is 4.79 Å². The van der Waals surface area contributed by atoms with E-state index in [0.717, 1.165) is 37.5 Å². The minimum Gasteiger partial charge on any atom is -0.300 e. The van der Waals surface area contributed by atoms with Crippen LogP contribution in [0.1, 0.15) is 58.8 Å². The minimum absolute atomic E-state index is 0.388. The maximum atomic E-state index is 12.8. The van der Waals surface area contributed by atoms with Crippen LogP contribution in [0.3, 0.4) is 0 Å². The van der Waals surface area contributed by atoms with E-state index in [-0.39, 0.29) is 0 Å². The number of carbonyl (C=O) groups is 1. The van der Waals surface area contributed by atoms with Crippen molar-refractivity contribution >= 4 is 5.78 Å². The molecule has 3 rings (SSSR count). The van der Waals surface area contributed by atoms with Crippen LogP contribution in [-0.4, -0.2) is 29.8 Å². The Morgan fingerprint density at radius 2 is 1.47 bits per heavy atom. The van der Waals surface area contributed by atoms with Crippen molar-refractivity contribution in [1.82, 2.24) is 4.90 Å². The standard InChI is InChI=1S/C17H29NO/c1-11-4-5-13(8-12(11)2)17(19)14-9-15-6-7-16(10-14)18(15)3/h11-16H,4-10H2,1-3H3. The molecule has 1 saturated carbocycles. The predicted molar refractivity (Wildman–Crippen MR) is 78.0 cm³/mol. The molecule has 19 heavy (non-hydrogen) atoms. The van der Waals surface area contributed by atoms with Crippen LogP contribution in [0.25, 0.3) is 0 Å². The number of rotatable bonds is 2. The van der Waals surface area contributed by atoms with Crippen LogP contribution < -0.4 is 0 Å². The number of hydrogen-bond donors (Lipinski definition) is 0. The molecule has 0 aromatic carbocycles. The molecule has 2 bridgehead atoms. The van der Waals surface area contributed by atoms with Gasteiger partial charge in [-0.3, -0.25) is 4.79 Å². The number of Topliss-reactive ketones (excluding diaryl/α,β-unsaturated/α-hetero) is 1. The maximum Gasteiger partial charge on any atom is 0.139 e. The lowest BCUT2D eigenvalue weighted by Crippen LogP contribution is -2.43. The van der Waals surface area contributed by atoms with Crippen molar-refractivity contribution < 1.29 is 4.79 Å². The van der Waals surface area contributed by atoms with Crippen molar-refractivity contribution in [1.29, 1.82) is 0 Å². The topological polar surface area (TPSA) is 20.3 Å². The van der Waals surface area contributed by atoms with Gasteiger partial charge in [0.25, 0.3) is 0 Å². The van der Waals surface area contributed by atoms with E-state index in [9.17, 15) is 4.79 Å². The van der Waals surface area contributed by atoms with Gasteiger partial charge < -0.3 is 4.90 Å². The monoisotopic (exact) mass is 263 g/mol. The van der Waals surface area contributed by atoms with Gasteiger partial charge in [-0.25, -0.2) is 0 Å². The Morgan fingerprint density at radius 1 is 0.842 bits per heavy atom. The van der Waals surface area contributed by atoms with Gasteiger partial charge in [0.2, 0.25) is 0 Å². The number of ketones is 1. The van der Waals surface area contributed by atoms with Gasteiger partial charge in [0, 0.05) is 23.9 Å². The molecule has 3 aliphatic rings. The number of hydrogen-bond acceptors (Lipinski definition) is 2. The summed E-state index contributed by atoms with van der Waals surface area (Å²) in [4.78, 5) is 15.3. The summed E-state index contributed by atoms with van der Waals surface area (Å²) >= 11 is 0. The molecule has 2 aliphatic heterocycles. The Bertz CT molecular complexity index is 339. The molecule has 2 heteroatoms. The van der Waals surface area contributed by atoms with Gasteiger partial charge in [-0.2, -0.15) is 0 Å². The zero-order valence-electron chi connectivity index (χ0n) is 12.8. The van der Waals surface area contributed by atoms with E-state index in [1.807, 2.05) is 0 Å². The van der Waals surface area contributed by atoms with Gasteiger partial charge in [0.15, 0.2) is 0 Å². The molecule has 0 aromatic heterocycles. The third kappa shape index (κ3) is 2.49. The highest BCUT2D eigenvalue weighted by Gasteiger charge is 2.43. The Labute approximate surface area is 117 Å². The average molecular weight is 263 g/mol. The second-order valence-corrected chi connectivity index (χ2v) is 7.59. The SMILES string of the molecule is CC1CCC(C(=O)C2CC3CCC(C2)N3C)CC1C. The van der Waals surface area contributed by atoms with Gasteiger partial charge in [0.1, 0.15) is 5.78 Å². The third-order valence-corrected chi connectivity index (χ3v) is 6.50. The fraction of sp³-hybridized carbons (Fsp3) is 0.941. The van der Waals surface area contributed by atoms with E-state index in [1.54, 1.807) is 0 Å². The van der Waals surface area contributed by atoms with Gasteiger partial charge in [-0.05, 0) is 63.8 Å². The van der Waals surface area contributed by atoms with E-state index < -0.39 is 0 Å². The van der Waals surface area contributed by atoms with E-state index >= 15 is 0 Å². The molecular weight excluding hydrogens is 234 g/mol. The van der Waals surface area contributed by atoms with E-state index in [1.165, 1.54) is 19.3 Å². The summed E-state index contributed by atoms with van der Waals surface area (Å²) < 4.78 is 0. The third-order valence-electron chi connectivity index (χ3n) is 6.50. The molecule has 0 aromatic rings. The van der Waals surface area contributed by atoms with Crippen LogP contribution in [0.15, 0.2) is 0 Å². The molecule has 0 N–H and O–H groups in total. The second-order valence-electron chi connectivity index (χ2n) is 7.59. The Hall–Kier alpha value is -0.370. The molecule has 2 saturated heterocycles. The molecule has 0 amide bonds. The molecule has 2 nitrogen and oxygen atoms in total. The smallest absolute Gasteiger partial charge is 0.139 e. The second kappa shape index (κ2) is 5.20. The van der Waals surface area contributed by atoms with Crippen molar-refractivity contribution in [3.8, 4) is 0 Å². The normalized spacial score (nSPS) is 47.3. The highest BCUT2D eigenvalue weighted by molar-refractivity contribution is 5.83. The number of carbonyl (C=O) groups excluding carboxylic acids is 1.